The maximum Gasteiger partial charge on any atom is 0.414 e. The van der Waals surface area contributed by atoms with Crippen molar-refractivity contribution in [2.45, 2.75) is 19.4 Å². The van der Waals surface area contributed by atoms with Crippen LogP contribution in [0.4, 0.5) is 19.3 Å². The number of cyclic esters (lactones) is 1. The molecule has 0 aromatic heterocycles. The van der Waals surface area contributed by atoms with Gasteiger partial charge in [-0.15, -0.1) is 0 Å². The third-order valence-corrected chi connectivity index (χ3v) is 5.98. The number of ether oxygens (including phenoxy) is 1. The molecular weight excluding hydrogens is 380 g/mol. The van der Waals surface area contributed by atoms with Gasteiger partial charge in [-0.05, 0) is 24.1 Å². The maximum absolute atomic E-state index is 14.6. The topological polar surface area (TPSA) is 99.6 Å². The van der Waals surface area contributed by atoms with Crippen molar-refractivity contribution >= 4 is 33.0 Å². The zero-order valence-corrected chi connectivity index (χ0v) is 15.4. The number of halogens is 2. The van der Waals surface area contributed by atoms with E-state index >= 15 is 0 Å². The van der Waals surface area contributed by atoms with Crippen LogP contribution in [0.2, 0.25) is 0 Å². The standard InChI is InChI=1S/C17H19F2N3O4S/c1-10(23)21-8-13-9-22(17(24)26-13)12-6-14(18)16(15(19)7-12)11-2-4-27(20,25)5-3-11/h2,6-7,13,20H,3-5,8-9H2,1H3,(H,21,23)/t13-,27?/m1/s1. The molecule has 2 atom stereocenters. The molecule has 2 amide bonds. The predicted octanol–water partition coefficient (Wildman–Crippen LogP) is 2.26. The summed E-state index contributed by atoms with van der Waals surface area (Å²) in [6.07, 6.45) is 0.231. The number of nitrogens with zero attached hydrogens (tertiary/aromatic N) is 1. The monoisotopic (exact) mass is 399 g/mol. The largest absolute Gasteiger partial charge is 0.442 e. The highest BCUT2D eigenvalue weighted by molar-refractivity contribution is 7.92. The molecule has 1 aromatic carbocycles. The van der Waals surface area contributed by atoms with Crippen LogP contribution < -0.4 is 10.2 Å². The van der Waals surface area contributed by atoms with Crippen LogP contribution in [0.1, 0.15) is 18.9 Å². The normalized spacial score (nSPS) is 25.1. The minimum absolute atomic E-state index is 0.0183. The molecule has 2 aliphatic heterocycles. The molecule has 2 aliphatic rings. The van der Waals surface area contributed by atoms with Crippen LogP contribution in [0, 0.1) is 16.4 Å². The molecule has 0 aliphatic carbocycles. The lowest BCUT2D eigenvalue weighted by Gasteiger charge is -2.19. The van der Waals surface area contributed by atoms with Crippen molar-refractivity contribution < 1.29 is 27.3 Å². The van der Waals surface area contributed by atoms with Crippen molar-refractivity contribution in [3.8, 4) is 0 Å². The molecule has 2 heterocycles. The highest BCUT2D eigenvalue weighted by atomic mass is 32.2. The van der Waals surface area contributed by atoms with Crippen LogP contribution in [0.3, 0.4) is 0 Å². The van der Waals surface area contributed by atoms with Crippen LogP contribution in [-0.2, 0) is 19.3 Å². The lowest BCUT2D eigenvalue weighted by atomic mass is 10.0. The maximum atomic E-state index is 14.6. The lowest BCUT2D eigenvalue weighted by Crippen LogP contribution is -2.33. The fraction of sp³-hybridized carbons (Fsp3) is 0.412. The zero-order chi connectivity index (χ0) is 19.8. The van der Waals surface area contributed by atoms with Gasteiger partial charge in [0, 0.05) is 28.0 Å². The number of anilines is 1. The van der Waals surface area contributed by atoms with Gasteiger partial charge in [0.25, 0.3) is 0 Å². The molecule has 1 aromatic rings. The van der Waals surface area contributed by atoms with Gasteiger partial charge >= 0.3 is 6.09 Å². The predicted molar refractivity (Wildman–Crippen MR) is 95.8 cm³/mol. The van der Waals surface area contributed by atoms with Gasteiger partial charge in [-0.25, -0.2) is 17.8 Å². The highest BCUT2D eigenvalue weighted by Crippen LogP contribution is 2.32. The molecule has 0 bridgehead atoms. The van der Waals surface area contributed by atoms with Gasteiger partial charge in [-0.3, -0.25) is 14.5 Å². The summed E-state index contributed by atoms with van der Waals surface area (Å²) in [5, 5.41) is 2.52. The van der Waals surface area contributed by atoms with E-state index in [1.165, 1.54) is 13.0 Å². The van der Waals surface area contributed by atoms with Crippen LogP contribution in [-0.4, -0.2) is 46.9 Å². The molecule has 0 saturated carbocycles. The van der Waals surface area contributed by atoms with Crippen molar-refractivity contribution in [2.75, 3.05) is 29.5 Å². The summed E-state index contributed by atoms with van der Waals surface area (Å²) in [5.74, 6) is -1.93. The Hall–Kier alpha value is -2.49. The van der Waals surface area contributed by atoms with Crippen molar-refractivity contribution in [3.63, 3.8) is 0 Å². The van der Waals surface area contributed by atoms with Crippen molar-refractivity contribution in [2.24, 2.45) is 0 Å². The summed E-state index contributed by atoms with van der Waals surface area (Å²) in [7, 11) is -2.72. The van der Waals surface area contributed by atoms with Gasteiger partial charge in [0.1, 0.15) is 17.7 Å². The Labute approximate surface area is 155 Å². The molecule has 1 unspecified atom stereocenters. The molecule has 1 saturated heterocycles. The second kappa shape index (κ2) is 7.26. The van der Waals surface area contributed by atoms with E-state index in [0.717, 1.165) is 17.0 Å². The average Bonchev–Trinajstić information content (AvgIpc) is 2.94. The van der Waals surface area contributed by atoms with E-state index in [2.05, 4.69) is 5.32 Å². The Morgan fingerprint density at radius 1 is 1.41 bits per heavy atom. The van der Waals surface area contributed by atoms with Crippen LogP contribution in [0.5, 0.6) is 0 Å². The summed E-state index contributed by atoms with van der Waals surface area (Å²) in [5.41, 5.74) is 0.163. The summed E-state index contributed by atoms with van der Waals surface area (Å²) in [4.78, 5) is 24.0. The number of nitrogens with one attached hydrogen (secondary N) is 2. The molecule has 2 N–H and O–H groups in total. The SMILES string of the molecule is CC(=O)NC[C@@H]1CN(c2cc(F)c(C3=CCS(=N)(=O)CC3)c(F)c2)C(=O)O1. The number of benzene rings is 1. The molecule has 146 valence electrons. The minimum atomic E-state index is -2.72. The fourth-order valence-electron chi connectivity index (χ4n) is 3.04. The van der Waals surface area contributed by atoms with E-state index in [1.54, 1.807) is 0 Å². The molecular formula is C17H19F2N3O4S. The smallest absolute Gasteiger partial charge is 0.414 e. The summed E-state index contributed by atoms with van der Waals surface area (Å²) < 4.78 is 53.5. The second-order valence-electron chi connectivity index (χ2n) is 6.50. The van der Waals surface area contributed by atoms with E-state index in [4.69, 9.17) is 9.52 Å². The van der Waals surface area contributed by atoms with Gasteiger partial charge in [-0.2, -0.15) is 0 Å². The number of carbonyl (C=O) groups is 2. The number of rotatable bonds is 4. The average molecular weight is 399 g/mol. The summed E-state index contributed by atoms with van der Waals surface area (Å²) in [6, 6.07) is 2.10. The first-order valence-corrected chi connectivity index (χ1v) is 10.2. The van der Waals surface area contributed by atoms with E-state index in [-0.39, 0.29) is 48.2 Å². The second-order valence-corrected chi connectivity index (χ2v) is 8.87. The Bertz CT molecular complexity index is 907. The van der Waals surface area contributed by atoms with E-state index in [0.29, 0.717) is 5.57 Å². The Balaban J connectivity index is 1.82. The quantitative estimate of drug-likeness (QED) is 0.811. The van der Waals surface area contributed by atoms with Gasteiger partial charge < -0.3 is 10.1 Å². The molecule has 7 nitrogen and oxygen atoms in total. The van der Waals surface area contributed by atoms with E-state index in [1.807, 2.05) is 0 Å². The van der Waals surface area contributed by atoms with E-state index in [9.17, 15) is 22.6 Å². The molecule has 3 rings (SSSR count). The lowest BCUT2D eigenvalue weighted by molar-refractivity contribution is -0.119. The minimum Gasteiger partial charge on any atom is -0.442 e. The van der Waals surface area contributed by atoms with Gasteiger partial charge in [-0.1, -0.05) is 6.08 Å². The first kappa shape index (κ1) is 19.3. The van der Waals surface area contributed by atoms with Gasteiger partial charge in [0.2, 0.25) is 5.91 Å². The fourth-order valence-corrected chi connectivity index (χ4v) is 4.23. The van der Waals surface area contributed by atoms with Crippen molar-refractivity contribution in [3.05, 3.63) is 35.4 Å². The van der Waals surface area contributed by atoms with E-state index < -0.39 is 33.6 Å². The van der Waals surface area contributed by atoms with Gasteiger partial charge in [0.15, 0.2) is 0 Å². The van der Waals surface area contributed by atoms with Crippen LogP contribution in [0.25, 0.3) is 5.57 Å². The number of hydrogen-bond donors (Lipinski definition) is 2. The number of hydrogen-bond acceptors (Lipinski definition) is 5. The molecule has 10 heteroatoms. The number of amides is 2. The first-order chi connectivity index (χ1) is 12.7. The highest BCUT2D eigenvalue weighted by Gasteiger charge is 2.33. The van der Waals surface area contributed by atoms with Crippen LogP contribution in [0.15, 0.2) is 18.2 Å². The van der Waals surface area contributed by atoms with Crippen molar-refractivity contribution in [1.29, 1.82) is 4.78 Å². The Kier molecular flexibility index (Phi) is 5.18. The number of carbonyl (C=O) groups excluding carboxylic acids is 2. The summed E-state index contributed by atoms with van der Waals surface area (Å²) in [6.45, 7) is 1.50. The third kappa shape index (κ3) is 4.26. The van der Waals surface area contributed by atoms with Crippen molar-refractivity contribution in [1.82, 2.24) is 5.32 Å². The Morgan fingerprint density at radius 3 is 2.63 bits per heavy atom. The first-order valence-electron chi connectivity index (χ1n) is 8.31. The molecule has 1 fully saturated rings. The molecule has 27 heavy (non-hydrogen) atoms. The molecule has 0 spiro atoms. The third-order valence-electron chi connectivity index (χ3n) is 4.41. The summed E-state index contributed by atoms with van der Waals surface area (Å²) >= 11 is 0. The zero-order valence-electron chi connectivity index (χ0n) is 14.6. The molecule has 0 radical (unpaired) electrons. The number of allylic oxidation sites excluding steroid dienone is 1. The van der Waals surface area contributed by atoms with Gasteiger partial charge in [0.05, 0.1) is 24.5 Å². The van der Waals surface area contributed by atoms with Crippen LogP contribution >= 0.6 is 0 Å². The Morgan fingerprint density at radius 2 is 2.07 bits per heavy atom.